The molecule has 3 rings (SSSR count). The van der Waals surface area contributed by atoms with E-state index in [4.69, 9.17) is 10.5 Å². The Labute approximate surface area is 126 Å². The first kappa shape index (κ1) is 14.4. The van der Waals surface area contributed by atoms with Crippen LogP contribution in [0.1, 0.15) is 19.8 Å². The Balaban J connectivity index is 2.03. The highest BCUT2D eigenvalue weighted by Gasteiger charge is 2.47. The zero-order chi connectivity index (χ0) is 14.9. The van der Waals surface area contributed by atoms with E-state index in [9.17, 15) is 0 Å². The molecule has 0 radical (unpaired) electrons. The van der Waals surface area contributed by atoms with E-state index in [1.807, 2.05) is 0 Å². The smallest absolute Gasteiger partial charge is 0.0617 e. The van der Waals surface area contributed by atoms with E-state index in [0.717, 1.165) is 19.4 Å². The van der Waals surface area contributed by atoms with Crippen LogP contribution in [-0.4, -0.2) is 31.8 Å². The molecule has 0 unspecified atom stereocenters. The summed E-state index contributed by atoms with van der Waals surface area (Å²) in [7, 11) is 1.79. The molecule has 0 spiro atoms. The van der Waals surface area contributed by atoms with Gasteiger partial charge in [-0.05, 0) is 31.2 Å². The average molecular weight is 284 g/mol. The maximum Gasteiger partial charge on any atom is 0.0617 e. The molecular weight excluding hydrogens is 260 g/mol. The molecular formula is C18H24N2O. The second kappa shape index (κ2) is 5.66. The van der Waals surface area contributed by atoms with Crippen LogP contribution in [0.4, 0.5) is 5.69 Å². The highest BCUT2D eigenvalue weighted by Crippen LogP contribution is 2.43. The van der Waals surface area contributed by atoms with Gasteiger partial charge < -0.3 is 15.4 Å². The van der Waals surface area contributed by atoms with E-state index in [1.165, 1.54) is 16.5 Å². The number of anilines is 1. The third-order valence-corrected chi connectivity index (χ3v) is 4.87. The predicted molar refractivity (Wildman–Crippen MR) is 88.8 cm³/mol. The highest BCUT2D eigenvalue weighted by molar-refractivity contribution is 5.94. The fourth-order valence-electron chi connectivity index (χ4n) is 3.66. The molecule has 2 aromatic rings. The molecule has 1 aliphatic carbocycles. The van der Waals surface area contributed by atoms with Gasteiger partial charge in [-0.25, -0.2) is 0 Å². The minimum Gasteiger partial charge on any atom is -0.381 e. The summed E-state index contributed by atoms with van der Waals surface area (Å²) in [5.41, 5.74) is 7.48. The fraction of sp³-hybridized carbons (Fsp3) is 0.444. The number of fused-ring (bicyclic) bond motifs is 1. The minimum absolute atomic E-state index is 0.0412. The van der Waals surface area contributed by atoms with E-state index in [2.05, 4.69) is 54.3 Å². The van der Waals surface area contributed by atoms with Gasteiger partial charge in [-0.3, -0.25) is 0 Å². The third kappa shape index (κ3) is 2.30. The molecule has 1 aliphatic rings. The standard InChI is InChI=1S/C18H24N2O/c1-3-20(18(13-19)11-15(12-18)21-2)17-10-6-8-14-7-4-5-9-16(14)17/h4-10,15H,3,11-13,19H2,1-2H3. The number of ether oxygens (including phenoxy) is 1. The van der Waals surface area contributed by atoms with Crippen LogP contribution < -0.4 is 10.6 Å². The number of likely N-dealkylation sites (N-methyl/N-ethyl adjacent to an activating group) is 1. The van der Waals surface area contributed by atoms with Gasteiger partial charge in [0.15, 0.2) is 0 Å². The van der Waals surface area contributed by atoms with Gasteiger partial charge >= 0.3 is 0 Å². The summed E-state index contributed by atoms with van der Waals surface area (Å²) in [6.07, 6.45) is 2.37. The number of methoxy groups -OCH3 is 1. The van der Waals surface area contributed by atoms with Crippen molar-refractivity contribution in [2.24, 2.45) is 5.73 Å². The Morgan fingerprint density at radius 2 is 1.90 bits per heavy atom. The van der Waals surface area contributed by atoms with E-state index in [-0.39, 0.29) is 5.54 Å². The Morgan fingerprint density at radius 1 is 1.19 bits per heavy atom. The molecule has 112 valence electrons. The first-order valence-electron chi connectivity index (χ1n) is 7.72. The summed E-state index contributed by atoms with van der Waals surface area (Å²) in [6, 6.07) is 15.1. The van der Waals surface area contributed by atoms with Crippen LogP contribution in [0.15, 0.2) is 42.5 Å². The zero-order valence-corrected chi connectivity index (χ0v) is 12.9. The summed E-state index contributed by atoms with van der Waals surface area (Å²) in [5.74, 6) is 0. The van der Waals surface area contributed by atoms with E-state index in [0.29, 0.717) is 12.6 Å². The van der Waals surface area contributed by atoms with Crippen LogP contribution in [0.25, 0.3) is 10.8 Å². The highest BCUT2D eigenvalue weighted by atomic mass is 16.5. The van der Waals surface area contributed by atoms with Crippen LogP contribution in [-0.2, 0) is 4.74 Å². The van der Waals surface area contributed by atoms with Crippen LogP contribution >= 0.6 is 0 Å². The topological polar surface area (TPSA) is 38.5 Å². The van der Waals surface area contributed by atoms with Crippen molar-refractivity contribution in [2.75, 3.05) is 25.1 Å². The summed E-state index contributed by atoms with van der Waals surface area (Å²) in [6.45, 7) is 3.84. The summed E-state index contributed by atoms with van der Waals surface area (Å²) >= 11 is 0. The Kier molecular flexibility index (Phi) is 3.87. The van der Waals surface area contributed by atoms with Crippen LogP contribution in [0, 0.1) is 0 Å². The number of rotatable bonds is 5. The van der Waals surface area contributed by atoms with E-state index >= 15 is 0 Å². The molecule has 2 N–H and O–H groups in total. The van der Waals surface area contributed by atoms with Crippen molar-refractivity contribution in [2.45, 2.75) is 31.4 Å². The van der Waals surface area contributed by atoms with Crippen molar-refractivity contribution in [3.05, 3.63) is 42.5 Å². The maximum absolute atomic E-state index is 6.15. The van der Waals surface area contributed by atoms with E-state index in [1.54, 1.807) is 7.11 Å². The van der Waals surface area contributed by atoms with Crippen molar-refractivity contribution in [3.63, 3.8) is 0 Å². The van der Waals surface area contributed by atoms with Crippen molar-refractivity contribution in [1.29, 1.82) is 0 Å². The molecule has 3 nitrogen and oxygen atoms in total. The lowest BCUT2D eigenvalue weighted by molar-refractivity contribution is -0.0137. The Bertz CT molecular complexity index is 614. The van der Waals surface area contributed by atoms with Crippen molar-refractivity contribution < 1.29 is 4.74 Å². The molecule has 3 heteroatoms. The van der Waals surface area contributed by atoms with Crippen LogP contribution in [0.2, 0.25) is 0 Å². The number of nitrogens with zero attached hydrogens (tertiary/aromatic N) is 1. The van der Waals surface area contributed by atoms with Gasteiger partial charge in [0, 0.05) is 31.3 Å². The number of hydrogen-bond donors (Lipinski definition) is 1. The molecule has 0 saturated heterocycles. The molecule has 0 bridgehead atoms. The molecule has 0 aliphatic heterocycles. The average Bonchev–Trinajstić information content (AvgIpc) is 2.50. The van der Waals surface area contributed by atoms with Gasteiger partial charge in [-0.15, -0.1) is 0 Å². The molecule has 2 aromatic carbocycles. The largest absolute Gasteiger partial charge is 0.381 e. The monoisotopic (exact) mass is 284 g/mol. The quantitative estimate of drug-likeness (QED) is 0.916. The predicted octanol–water partition coefficient (Wildman–Crippen LogP) is 3.17. The first-order chi connectivity index (χ1) is 10.2. The minimum atomic E-state index is 0.0412. The van der Waals surface area contributed by atoms with Crippen molar-refractivity contribution >= 4 is 16.5 Å². The molecule has 0 atom stereocenters. The summed E-state index contributed by atoms with van der Waals surface area (Å²) in [5, 5.41) is 2.58. The SMILES string of the molecule is CCN(c1cccc2ccccc12)C1(CN)CC(OC)C1. The van der Waals surface area contributed by atoms with Crippen LogP contribution in [0.5, 0.6) is 0 Å². The van der Waals surface area contributed by atoms with Gasteiger partial charge in [-0.1, -0.05) is 36.4 Å². The Hall–Kier alpha value is -1.58. The number of benzene rings is 2. The van der Waals surface area contributed by atoms with Gasteiger partial charge in [0.25, 0.3) is 0 Å². The van der Waals surface area contributed by atoms with Crippen LogP contribution in [0.3, 0.4) is 0 Å². The maximum atomic E-state index is 6.15. The molecule has 0 heterocycles. The molecule has 0 aromatic heterocycles. The Morgan fingerprint density at radius 3 is 2.57 bits per heavy atom. The molecule has 1 saturated carbocycles. The summed E-state index contributed by atoms with van der Waals surface area (Å²) < 4.78 is 5.48. The lowest BCUT2D eigenvalue weighted by Crippen LogP contribution is -2.64. The van der Waals surface area contributed by atoms with Gasteiger partial charge in [-0.2, -0.15) is 0 Å². The number of hydrogen-bond acceptors (Lipinski definition) is 3. The van der Waals surface area contributed by atoms with E-state index < -0.39 is 0 Å². The fourth-order valence-corrected chi connectivity index (χ4v) is 3.66. The van der Waals surface area contributed by atoms with Gasteiger partial charge in [0.1, 0.15) is 0 Å². The van der Waals surface area contributed by atoms with Crippen molar-refractivity contribution in [3.8, 4) is 0 Å². The zero-order valence-electron chi connectivity index (χ0n) is 12.9. The third-order valence-electron chi connectivity index (χ3n) is 4.87. The molecule has 1 fully saturated rings. The summed E-state index contributed by atoms with van der Waals surface area (Å²) in [4.78, 5) is 2.48. The van der Waals surface area contributed by atoms with Gasteiger partial charge in [0.2, 0.25) is 0 Å². The lowest BCUT2D eigenvalue weighted by Gasteiger charge is -2.54. The van der Waals surface area contributed by atoms with Gasteiger partial charge in [0.05, 0.1) is 11.6 Å². The molecule has 21 heavy (non-hydrogen) atoms. The lowest BCUT2D eigenvalue weighted by atomic mass is 9.72. The second-order valence-corrected chi connectivity index (χ2v) is 5.94. The number of nitrogens with two attached hydrogens (primary N) is 1. The van der Waals surface area contributed by atoms with Crippen molar-refractivity contribution in [1.82, 2.24) is 0 Å². The second-order valence-electron chi connectivity index (χ2n) is 5.94. The molecule has 0 amide bonds. The normalized spacial score (nSPS) is 24.8. The first-order valence-corrected chi connectivity index (χ1v) is 7.72.